The van der Waals surface area contributed by atoms with Crippen LogP contribution in [-0.4, -0.2) is 11.6 Å². The molecule has 2 nitrogen and oxygen atoms in total. The van der Waals surface area contributed by atoms with Gasteiger partial charge >= 0.3 is 0 Å². The molecule has 0 fully saturated rings. The number of carbonyl (C=O) groups is 2. The smallest absolute Gasteiger partial charge is 0.247 e. The summed E-state index contributed by atoms with van der Waals surface area (Å²) in [4.78, 5) is 21.9. The summed E-state index contributed by atoms with van der Waals surface area (Å²) >= 11 is 16.6. The van der Waals surface area contributed by atoms with E-state index in [1.807, 2.05) is 0 Å². The molecule has 0 amide bonds. The molecular weight excluding hydrogens is 222 g/mol. The van der Waals surface area contributed by atoms with Crippen molar-refractivity contribution in [2.45, 2.75) is 6.92 Å². The lowest BCUT2D eigenvalue weighted by atomic mass is 10.1. The Bertz CT molecular complexity index is 289. The summed E-state index contributed by atoms with van der Waals surface area (Å²) in [6.07, 6.45) is 0. The molecule has 0 spiro atoms. The Morgan fingerprint density at radius 3 is 1.75 bits per heavy atom. The third-order valence-electron chi connectivity index (χ3n) is 1.46. The second kappa shape index (κ2) is 3.21. The molecule has 0 unspecified atom stereocenters. The van der Waals surface area contributed by atoms with E-state index in [-0.39, 0.29) is 15.1 Å². The summed E-state index contributed by atoms with van der Waals surface area (Å²) in [6, 6.07) is 0. The van der Waals surface area contributed by atoms with Crippen molar-refractivity contribution in [3.63, 3.8) is 0 Å². The zero-order valence-electron chi connectivity index (χ0n) is 5.95. The predicted octanol–water partition coefficient (Wildman–Crippen LogP) is 2.34. The molecule has 0 N–H and O–H groups in total. The summed E-state index contributed by atoms with van der Waals surface area (Å²) in [7, 11) is 0. The molecule has 0 atom stereocenters. The first-order valence-corrected chi connectivity index (χ1v) is 4.11. The van der Waals surface area contributed by atoms with Gasteiger partial charge in [0.15, 0.2) is 0 Å². The molecule has 1 rings (SSSR count). The average molecular weight is 225 g/mol. The van der Waals surface area contributed by atoms with E-state index in [9.17, 15) is 9.59 Å². The van der Waals surface area contributed by atoms with Crippen LogP contribution in [0.15, 0.2) is 20.7 Å². The topological polar surface area (TPSA) is 34.1 Å². The fourth-order valence-corrected chi connectivity index (χ4v) is 1.37. The Hall–Kier alpha value is -0.310. The molecule has 0 aromatic carbocycles. The van der Waals surface area contributed by atoms with Crippen LogP contribution >= 0.6 is 34.8 Å². The molecule has 0 saturated heterocycles. The van der Waals surface area contributed by atoms with Gasteiger partial charge in [-0.25, -0.2) is 0 Å². The van der Waals surface area contributed by atoms with Gasteiger partial charge in [-0.3, -0.25) is 9.59 Å². The van der Waals surface area contributed by atoms with E-state index in [0.717, 1.165) is 0 Å². The van der Waals surface area contributed by atoms with Gasteiger partial charge < -0.3 is 0 Å². The largest absolute Gasteiger partial charge is 0.284 e. The molecule has 0 bridgehead atoms. The van der Waals surface area contributed by atoms with E-state index in [0.29, 0.717) is 5.57 Å². The first-order chi connectivity index (χ1) is 5.46. The molecule has 1 aliphatic carbocycles. The van der Waals surface area contributed by atoms with Crippen LogP contribution in [0.2, 0.25) is 0 Å². The van der Waals surface area contributed by atoms with E-state index in [1.54, 1.807) is 0 Å². The molecule has 0 aromatic rings. The van der Waals surface area contributed by atoms with Crippen LogP contribution < -0.4 is 0 Å². The van der Waals surface area contributed by atoms with Crippen LogP contribution in [0.4, 0.5) is 0 Å². The Morgan fingerprint density at radius 2 is 1.25 bits per heavy atom. The van der Waals surface area contributed by atoms with Crippen molar-refractivity contribution < 1.29 is 9.59 Å². The van der Waals surface area contributed by atoms with Crippen LogP contribution in [0.25, 0.3) is 0 Å². The molecule has 1 aliphatic rings. The third-order valence-corrected chi connectivity index (χ3v) is 2.84. The van der Waals surface area contributed by atoms with Crippen molar-refractivity contribution in [1.82, 2.24) is 0 Å². The highest BCUT2D eigenvalue weighted by Gasteiger charge is 2.30. The van der Waals surface area contributed by atoms with Crippen molar-refractivity contribution in [2.75, 3.05) is 0 Å². The molecule has 5 heteroatoms. The summed E-state index contributed by atoms with van der Waals surface area (Å²) in [5, 5.41) is -0.371. The van der Waals surface area contributed by atoms with Crippen molar-refractivity contribution in [2.24, 2.45) is 0 Å². The van der Waals surface area contributed by atoms with E-state index in [2.05, 4.69) is 0 Å². The highest BCUT2D eigenvalue weighted by Crippen LogP contribution is 2.32. The molecule has 0 aliphatic heterocycles. The summed E-state index contributed by atoms with van der Waals surface area (Å²) in [6.45, 7) is 1.53. The molecule has 0 saturated carbocycles. The highest BCUT2D eigenvalue weighted by atomic mass is 35.5. The molecular formula is C7H3Cl3O2. The number of Topliss-reactive ketones (excluding diaryl/α,β-unsaturated/α-hetero) is 2. The number of hydrogen-bond acceptors (Lipinski definition) is 2. The summed E-state index contributed by atoms with van der Waals surface area (Å²) in [5.41, 5.74) is 0.341. The minimum Gasteiger partial charge on any atom is -0.284 e. The second-order valence-electron chi connectivity index (χ2n) is 2.23. The Morgan fingerprint density at radius 1 is 0.833 bits per heavy atom. The van der Waals surface area contributed by atoms with Crippen molar-refractivity contribution in [3.8, 4) is 0 Å². The summed E-state index contributed by atoms with van der Waals surface area (Å²) in [5.74, 6) is -1.65. The van der Waals surface area contributed by atoms with E-state index in [4.69, 9.17) is 34.8 Å². The lowest BCUT2D eigenvalue weighted by Crippen LogP contribution is -2.19. The molecule has 12 heavy (non-hydrogen) atoms. The van der Waals surface area contributed by atoms with Gasteiger partial charge in [0.1, 0.15) is 5.03 Å². The Labute approximate surface area is 83.8 Å². The summed E-state index contributed by atoms with van der Waals surface area (Å²) < 4.78 is 0. The van der Waals surface area contributed by atoms with Gasteiger partial charge in [0.2, 0.25) is 11.6 Å². The standard InChI is InChI=1S/C7H3Cl3O2/c1-2-3(8)5(10)7(12)6(11)4(2)9/h1H3. The van der Waals surface area contributed by atoms with E-state index in [1.165, 1.54) is 6.92 Å². The maximum Gasteiger partial charge on any atom is 0.247 e. The van der Waals surface area contributed by atoms with E-state index >= 15 is 0 Å². The van der Waals surface area contributed by atoms with Crippen LogP contribution in [0.1, 0.15) is 6.92 Å². The molecule has 0 radical (unpaired) electrons. The quantitative estimate of drug-likeness (QED) is 0.468. The van der Waals surface area contributed by atoms with Crippen molar-refractivity contribution in [3.05, 3.63) is 20.7 Å². The van der Waals surface area contributed by atoms with Crippen LogP contribution in [0.3, 0.4) is 0 Å². The van der Waals surface area contributed by atoms with Crippen molar-refractivity contribution >= 4 is 46.4 Å². The van der Waals surface area contributed by atoms with Gasteiger partial charge in [0.25, 0.3) is 0 Å². The molecule has 0 aromatic heterocycles. The number of carbonyl (C=O) groups excluding carboxylic acids is 2. The lowest BCUT2D eigenvalue weighted by Gasteiger charge is -2.10. The van der Waals surface area contributed by atoms with Crippen LogP contribution in [0, 0.1) is 0 Å². The first-order valence-electron chi connectivity index (χ1n) is 2.98. The van der Waals surface area contributed by atoms with Gasteiger partial charge in [-0.2, -0.15) is 0 Å². The molecule has 0 heterocycles. The van der Waals surface area contributed by atoms with Gasteiger partial charge in [-0.05, 0) is 12.5 Å². The Kier molecular flexibility index (Phi) is 2.61. The van der Waals surface area contributed by atoms with Crippen molar-refractivity contribution in [1.29, 1.82) is 0 Å². The fourth-order valence-electron chi connectivity index (χ4n) is 0.730. The Balaban J connectivity index is 3.37. The minimum atomic E-state index is -0.850. The predicted molar refractivity (Wildman–Crippen MR) is 47.3 cm³/mol. The van der Waals surface area contributed by atoms with Gasteiger partial charge in [-0.1, -0.05) is 34.8 Å². The maximum absolute atomic E-state index is 11.0. The van der Waals surface area contributed by atoms with Gasteiger partial charge in [-0.15, -0.1) is 0 Å². The van der Waals surface area contributed by atoms with Crippen LogP contribution in [-0.2, 0) is 9.59 Å². The maximum atomic E-state index is 11.0. The number of ketones is 2. The number of rotatable bonds is 0. The molecule has 64 valence electrons. The number of hydrogen-bond donors (Lipinski definition) is 0. The second-order valence-corrected chi connectivity index (χ2v) is 3.36. The number of allylic oxidation sites excluding steroid dienone is 4. The first kappa shape index (κ1) is 9.78. The van der Waals surface area contributed by atoms with Crippen LogP contribution in [0.5, 0.6) is 0 Å². The lowest BCUT2D eigenvalue weighted by molar-refractivity contribution is -0.131. The zero-order valence-corrected chi connectivity index (χ0v) is 8.22. The average Bonchev–Trinajstić information content (AvgIpc) is 2.08. The number of halogens is 3. The monoisotopic (exact) mass is 224 g/mol. The fraction of sp³-hybridized carbons (Fsp3) is 0.143. The SMILES string of the molecule is CC1=C(Cl)C(=O)C(=O)C(Cl)=C1Cl. The van der Waals surface area contributed by atoms with Gasteiger partial charge in [0, 0.05) is 0 Å². The normalized spacial score (nSPS) is 19.3. The van der Waals surface area contributed by atoms with E-state index < -0.39 is 11.6 Å². The van der Waals surface area contributed by atoms with Gasteiger partial charge in [0.05, 0.1) is 10.1 Å². The minimum absolute atomic E-state index is 0.0475. The zero-order chi connectivity index (χ0) is 9.46. The highest BCUT2D eigenvalue weighted by molar-refractivity contribution is 6.70. The third kappa shape index (κ3) is 1.30.